The van der Waals surface area contributed by atoms with Crippen molar-refractivity contribution in [1.29, 1.82) is 0 Å². The monoisotopic (exact) mass is 568 g/mol. The Morgan fingerprint density at radius 3 is 2.65 bits per heavy atom. The molecule has 0 bridgehead atoms. The van der Waals surface area contributed by atoms with Gasteiger partial charge in [-0.15, -0.1) is 5.10 Å². The number of aliphatic carboxylic acids is 1. The van der Waals surface area contributed by atoms with Crippen molar-refractivity contribution in [2.45, 2.75) is 90.3 Å². The van der Waals surface area contributed by atoms with E-state index in [0.717, 1.165) is 35.3 Å². The highest BCUT2D eigenvalue weighted by molar-refractivity contribution is 7.89. The molecule has 1 N–H and O–H groups in total. The number of carbonyl (C=O) groups is 1. The van der Waals surface area contributed by atoms with Gasteiger partial charge in [0.15, 0.2) is 0 Å². The number of hydrogen-bond acceptors (Lipinski definition) is 6. The van der Waals surface area contributed by atoms with Crippen LogP contribution in [0.3, 0.4) is 0 Å². The molecule has 2 atom stereocenters. The van der Waals surface area contributed by atoms with Crippen LogP contribution in [0.4, 0.5) is 0 Å². The number of nitrogens with zero attached hydrogens (tertiary/aromatic N) is 4. The average molecular weight is 569 g/mol. The van der Waals surface area contributed by atoms with E-state index in [1.165, 1.54) is 4.31 Å². The van der Waals surface area contributed by atoms with E-state index in [0.29, 0.717) is 25.0 Å². The highest BCUT2D eigenvalue weighted by Gasteiger charge is 2.38. The summed E-state index contributed by atoms with van der Waals surface area (Å²) < 4.78 is 36.8. The standard InChI is InChI=1S/C30H40N4O5S/c1-6-16-33-19-24(31-32-33)14-15-26(30(4,5)29(35)36)22-13-12-21(3)23(17-22)18-34-20-25(7-2)39-27-10-8-9-11-28(27)40(34,37)38/h8-13,17,19,25-26H,6-7,14-16,18,20H2,1-5H3,(H,35,36)/t25-,26-/m1/s1. The molecule has 0 saturated carbocycles. The van der Waals surface area contributed by atoms with Crippen LogP contribution >= 0.6 is 0 Å². The van der Waals surface area contributed by atoms with E-state index in [1.807, 2.05) is 42.9 Å². The topological polar surface area (TPSA) is 115 Å². The number of aromatic nitrogens is 3. The Balaban J connectivity index is 1.67. The molecular formula is C30H40N4O5S. The zero-order chi connectivity index (χ0) is 29.1. The van der Waals surface area contributed by atoms with Crippen molar-refractivity contribution in [2.75, 3.05) is 6.54 Å². The zero-order valence-corrected chi connectivity index (χ0v) is 24.8. The van der Waals surface area contributed by atoms with Crippen molar-refractivity contribution in [2.24, 2.45) is 5.41 Å². The van der Waals surface area contributed by atoms with Crippen LogP contribution in [0.2, 0.25) is 0 Å². The summed E-state index contributed by atoms with van der Waals surface area (Å²) in [5, 5.41) is 18.6. The molecule has 216 valence electrons. The minimum atomic E-state index is -3.80. The number of sulfonamides is 1. The molecule has 9 nitrogen and oxygen atoms in total. The molecule has 40 heavy (non-hydrogen) atoms. The fourth-order valence-electron chi connectivity index (χ4n) is 5.25. The van der Waals surface area contributed by atoms with Gasteiger partial charge in [-0.3, -0.25) is 9.48 Å². The van der Waals surface area contributed by atoms with Crippen LogP contribution in [0.15, 0.2) is 53.6 Å². The second-order valence-corrected chi connectivity index (χ2v) is 13.1. The van der Waals surface area contributed by atoms with Crippen molar-refractivity contribution in [3.05, 3.63) is 71.0 Å². The minimum absolute atomic E-state index is 0.167. The smallest absolute Gasteiger partial charge is 0.309 e. The molecule has 1 aliphatic rings. The Morgan fingerprint density at radius 1 is 1.20 bits per heavy atom. The van der Waals surface area contributed by atoms with Gasteiger partial charge in [0.2, 0.25) is 10.0 Å². The maximum absolute atomic E-state index is 13.7. The van der Waals surface area contributed by atoms with Gasteiger partial charge in [-0.05, 0) is 81.2 Å². The first-order valence-electron chi connectivity index (χ1n) is 13.9. The summed E-state index contributed by atoms with van der Waals surface area (Å²) in [5.74, 6) is -0.834. The molecule has 0 aliphatic carbocycles. The Labute approximate surface area is 237 Å². The van der Waals surface area contributed by atoms with Crippen LogP contribution in [0.25, 0.3) is 0 Å². The summed E-state index contributed by atoms with van der Waals surface area (Å²) in [5.41, 5.74) is 2.42. The highest BCUT2D eigenvalue weighted by atomic mass is 32.2. The van der Waals surface area contributed by atoms with E-state index in [1.54, 1.807) is 38.1 Å². The van der Waals surface area contributed by atoms with Crippen LogP contribution in [0.1, 0.15) is 75.3 Å². The fraction of sp³-hybridized carbons (Fsp3) is 0.500. The van der Waals surface area contributed by atoms with Crippen molar-refractivity contribution in [1.82, 2.24) is 19.3 Å². The van der Waals surface area contributed by atoms with Gasteiger partial charge in [-0.25, -0.2) is 8.42 Å². The Hall–Kier alpha value is -3.24. The summed E-state index contributed by atoms with van der Waals surface area (Å²) >= 11 is 0. The number of aryl methyl sites for hydroxylation is 3. The predicted octanol–water partition coefficient (Wildman–Crippen LogP) is 5.19. The van der Waals surface area contributed by atoms with Crippen molar-refractivity contribution in [3.8, 4) is 5.75 Å². The van der Waals surface area contributed by atoms with Gasteiger partial charge >= 0.3 is 5.97 Å². The van der Waals surface area contributed by atoms with E-state index in [-0.39, 0.29) is 30.0 Å². The highest BCUT2D eigenvalue weighted by Crippen LogP contribution is 2.40. The van der Waals surface area contributed by atoms with E-state index in [9.17, 15) is 18.3 Å². The first-order chi connectivity index (χ1) is 19.0. The van der Waals surface area contributed by atoms with Gasteiger partial charge in [0.25, 0.3) is 0 Å². The number of carboxylic acid groups (broad SMARTS) is 1. The Kier molecular flexibility index (Phi) is 8.99. The third kappa shape index (κ3) is 6.23. The molecule has 2 aromatic carbocycles. The number of rotatable bonds is 11. The quantitative estimate of drug-likeness (QED) is 0.339. The maximum atomic E-state index is 13.7. The molecule has 0 saturated heterocycles. The number of benzene rings is 2. The Bertz CT molecular complexity index is 1450. The van der Waals surface area contributed by atoms with Crippen molar-refractivity contribution >= 4 is 16.0 Å². The normalized spacial score (nSPS) is 18.0. The molecule has 10 heteroatoms. The van der Waals surface area contributed by atoms with Crippen molar-refractivity contribution < 1.29 is 23.1 Å². The number of para-hydroxylation sites is 1. The second-order valence-electron chi connectivity index (χ2n) is 11.2. The average Bonchev–Trinajstić information content (AvgIpc) is 3.32. The number of hydrogen-bond donors (Lipinski definition) is 1. The van der Waals surface area contributed by atoms with Crippen LogP contribution in [0.5, 0.6) is 5.75 Å². The van der Waals surface area contributed by atoms with Crippen LogP contribution in [0, 0.1) is 12.3 Å². The largest absolute Gasteiger partial charge is 0.488 e. The number of ether oxygens (including phenoxy) is 1. The van der Waals surface area contributed by atoms with Gasteiger partial charge < -0.3 is 9.84 Å². The van der Waals surface area contributed by atoms with Gasteiger partial charge in [-0.1, -0.05) is 49.4 Å². The lowest BCUT2D eigenvalue weighted by Crippen LogP contribution is -2.36. The lowest BCUT2D eigenvalue weighted by Gasteiger charge is -2.32. The van der Waals surface area contributed by atoms with Crippen LogP contribution < -0.4 is 4.74 Å². The fourth-order valence-corrected chi connectivity index (χ4v) is 6.82. The summed E-state index contributed by atoms with van der Waals surface area (Å²) in [6.45, 7) is 10.7. The predicted molar refractivity (Wildman–Crippen MR) is 153 cm³/mol. The number of fused-ring (bicyclic) bond motifs is 1. The molecule has 0 fully saturated rings. The molecule has 3 aromatic rings. The lowest BCUT2D eigenvalue weighted by molar-refractivity contribution is -0.148. The van der Waals surface area contributed by atoms with Gasteiger partial charge in [0.05, 0.1) is 17.7 Å². The van der Waals surface area contributed by atoms with E-state index in [2.05, 4.69) is 17.2 Å². The van der Waals surface area contributed by atoms with Gasteiger partial charge in [0, 0.05) is 19.3 Å². The molecule has 0 unspecified atom stereocenters. The van der Waals surface area contributed by atoms with Crippen molar-refractivity contribution in [3.63, 3.8) is 0 Å². The summed E-state index contributed by atoms with van der Waals surface area (Å²) in [4.78, 5) is 12.5. The molecule has 4 rings (SSSR count). The first-order valence-corrected chi connectivity index (χ1v) is 15.4. The first kappa shape index (κ1) is 29.7. The van der Waals surface area contributed by atoms with Gasteiger partial charge in [-0.2, -0.15) is 4.31 Å². The third-order valence-electron chi connectivity index (χ3n) is 7.90. The molecule has 1 aromatic heterocycles. The molecule has 1 aliphatic heterocycles. The van der Waals surface area contributed by atoms with Crippen LogP contribution in [-0.4, -0.2) is 51.4 Å². The minimum Gasteiger partial charge on any atom is -0.488 e. The second kappa shape index (κ2) is 12.1. The Morgan fingerprint density at radius 2 is 1.95 bits per heavy atom. The summed E-state index contributed by atoms with van der Waals surface area (Å²) in [6, 6.07) is 12.7. The summed E-state index contributed by atoms with van der Waals surface area (Å²) in [7, 11) is -3.80. The number of carboxylic acids is 1. The SMILES string of the molecule is CCCn1cc(CC[C@H](c2ccc(C)c(CN3C[C@@H](CC)Oc4ccccc4S3(=O)=O)c2)C(C)(C)C(=O)O)nn1. The van der Waals surface area contributed by atoms with Crippen LogP contribution in [-0.2, 0) is 34.3 Å². The van der Waals surface area contributed by atoms with E-state index >= 15 is 0 Å². The van der Waals surface area contributed by atoms with E-state index in [4.69, 9.17) is 4.74 Å². The molecule has 0 amide bonds. The van der Waals surface area contributed by atoms with E-state index < -0.39 is 21.4 Å². The molecular weight excluding hydrogens is 528 g/mol. The lowest BCUT2D eigenvalue weighted by atomic mass is 9.72. The summed E-state index contributed by atoms with van der Waals surface area (Å²) in [6.07, 6.45) is 4.41. The zero-order valence-electron chi connectivity index (χ0n) is 24.0. The molecule has 0 spiro atoms. The molecule has 0 radical (unpaired) electrons. The third-order valence-corrected chi connectivity index (χ3v) is 9.75. The maximum Gasteiger partial charge on any atom is 0.309 e. The van der Waals surface area contributed by atoms with Gasteiger partial charge in [0.1, 0.15) is 16.7 Å². The molecule has 2 heterocycles.